The van der Waals surface area contributed by atoms with Crippen LogP contribution in [0.25, 0.3) is 10.8 Å². The number of hydrogen-bond acceptors (Lipinski definition) is 3. The lowest BCUT2D eigenvalue weighted by atomic mass is 10.1. The minimum absolute atomic E-state index is 0.140. The molecule has 0 saturated carbocycles. The van der Waals surface area contributed by atoms with Crippen molar-refractivity contribution in [2.45, 2.75) is 11.8 Å². The molecule has 0 saturated heterocycles. The highest BCUT2D eigenvalue weighted by molar-refractivity contribution is 7.90. The topological polar surface area (TPSA) is 78.8 Å². The molecule has 0 aliphatic rings. The molecule has 3 aromatic carbocycles. The van der Waals surface area contributed by atoms with Gasteiger partial charge in [-0.1, -0.05) is 42.0 Å². The summed E-state index contributed by atoms with van der Waals surface area (Å²) >= 11 is 0. The summed E-state index contributed by atoms with van der Waals surface area (Å²) in [5.41, 5.74) is 1.64. The third-order valence-electron chi connectivity index (χ3n) is 3.63. The summed E-state index contributed by atoms with van der Waals surface area (Å²) in [7, 11) is -3.75. The Labute approximate surface area is 140 Å². The summed E-state index contributed by atoms with van der Waals surface area (Å²) < 4.78 is 28.0. The molecule has 6 heteroatoms. The zero-order valence-corrected chi connectivity index (χ0v) is 13.8. The highest BCUT2D eigenvalue weighted by Gasteiger charge is 2.11. The zero-order chi connectivity index (χ0) is 17.2. The summed E-state index contributed by atoms with van der Waals surface area (Å²) in [6.07, 6.45) is 1.15. The molecule has 3 aromatic rings. The number of hydrogen-bond donors (Lipinski definition) is 2. The van der Waals surface area contributed by atoms with Gasteiger partial charge in [-0.05, 0) is 31.2 Å². The van der Waals surface area contributed by atoms with E-state index in [0.29, 0.717) is 11.1 Å². The van der Waals surface area contributed by atoms with Crippen molar-refractivity contribution in [2.75, 3.05) is 5.32 Å². The maximum Gasteiger partial charge on any atom is 0.283 e. The van der Waals surface area contributed by atoms with Crippen molar-refractivity contribution in [3.63, 3.8) is 0 Å². The van der Waals surface area contributed by atoms with Crippen LogP contribution in [0.2, 0.25) is 0 Å². The molecule has 2 N–H and O–H groups in total. The van der Waals surface area contributed by atoms with Gasteiger partial charge in [-0.2, -0.15) is 8.42 Å². The van der Waals surface area contributed by atoms with Crippen molar-refractivity contribution in [1.82, 2.24) is 0 Å². The van der Waals surface area contributed by atoms with Crippen LogP contribution in [-0.2, 0) is 10.0 Å². The van der Waals surface area contributed by atoms with E-state index in [2.05, 4.69) is 9.71 Å². The molecule has 0 amide bonds. The number of fused-ring (bicyclic) bond motifs is 1. The average molecular weight is 340 g/mol. The van der Waals surface area contributed by atoms with E-state index in [1.165, 1.54) is 12.1 Å². The van der Waals surface area contributed by atoms with Crippen LogP contribution in [0.3, 0.4) is 0 Å². The quantitative estimate of drug-likeness (QED) is 0.431. The van der Waals surface area contributed by atoms with Crippen molar-refractivity contribution in [1.29, 1.82) is 0 Å². The largest absolute Gasteiger partial charge is 0.507 e. The number of phenolic OH excluding ortho intramolecular Hbond substituents is 1. The van der Waals surface area contributed by atoms with Gasteiger partial charge in [0.1, 0.15) is 12.1 Å². The number of nitrogens with one attached hydrogen (secondary N) is 1. The number of nitrogens with zero attached hydrogens (tertiary/aromatic N) is 1. The Morgan fingerprint density at radius 3 is 2.33 bits per heavy atom. The van der Waals surface area contributed by atoms with Crippen LogP contribution < -0.4 is 5.32 Å². The Balaban J connectivity index is 1.87. The summed E-state index contributed by atoms with van der Waals surface area (Å²) in [6, 6.07) is 17.0. The van der Waals surface area contributed by atoms with Gasteiger partial charge in [-0.3, -0.25) is 0 Å². The van der Waals surface area contributed by atoms with E-state index in [-0.39, 0.29) is 10.6 Å². The lowest BCUT2D eigenvalue weighted by Gasteiger charge is -2.07. The molecule has 3 rings (SSSR count). The maximum atomic E-state index is 12.2. The summed E-state index contributed by atoms with van der Waals surface area (Å²) in [5.74, 6) is 0.167. The second-order valence-electron chi connectivity index (χ2n) is 5.34. The van der Waals surface area contributed by atoms with Crippen LogP contribution in [0, 0.1) is 6.92 Å². The number of benzene rings is 3. The van der Waals surface area contributed by atoms with Crippen molar-refractivity contribution in [3.05, 3.63) is 66.2 Å². The van der Waals surface area contributed by atoms with E-state index in [9.17, 15) is 13.5 Å². The van der Waals surface area contributed by atoms with Gasteiger partial charge in [0.05, 0.1) is 4.90 Å². The lowest BCUT2D eigenvalue weighted by Crippen LogP contribution is -2.02. The molecule has 122 valence electrons. The lowest BCUT2D eigenvalue weighted by molar-refractivity contribution is 0.481. The number of aryl methyl sites for hydroxylation is 1. The van der Waals surface area contributed by atoms with Crippen molar-refractivity contribution in [2.24, 2.45) is 4.40 Å². The third kappa shape index (κ3) is 3.23. The Morgan fingerprint density at radius 2 is 1.62 bits per heavy atom. The van der Waals surface area contributed by atoms with Crippen LogP contribution in [0.1, 0.15) is 5.56 Å². The number of aromatic hydroxyl groups is 1. The fourth-order valence-corrected chi connectivity index (χ4v) is 3.14. The standard InChI is InChI=1S/C18H16N2O3S/c1-13-6-8-14(9-7-13)24(22,23)20-12-19-17-10-11-18(21)16-5-3-2-4-15(16)17/h2-12,21H,1H3,(H,19,20). The molecule has 0 aromatic heterocycles. The minimum atomic E-state index is -3.75. The van der Waals surface area contributed by atoms with E-state index < -0.39 is 10.0 Å². The normalized spacial score (nSPS) is 11.9. The molecule has 5 nitrogen and oxygen atoms in total. The minimum Gasteiger partial charge on any atom is -0.507 e. The van der Waals surface area contributed by atoms with Crippen molar-refractivity contribution >= 4 is 32.8 Å². The Hall–Kier alpha value is -2.86. The highest BCUT2D eigenvalue weighted by Crippen LogP contribution is 2.30. The monoisotopic (exact) mass is 340 g/mol. The predicted octanol–water partition coefficient (Wildman–Crippen LogP) is 3.68. The molecule has 0 unspecified atom stereocenters. The summed E-state index contributed by atoms with van der Waals surface area (Å²) in [6.45, 7) is 1.89. The van der Waals surface area contributed by atoms with E-state index in [4.69, 9.17) is 0 Å². The van der Waals surface area contributed by atoms with Crippen LogP contribution >= 0.6 is 0 Å². The Bertz CT molecular complexity index is 1010. The van der Waals surface area contributed by atoms with E-state index in [0.717, 1.165) is 17.3 Å². The first kappa shape index (κ1) is 16.0. The second kappa shape index (κ2) is 6.33. The predicted molar refractivity (Wildman–Crippen MR) is 96.1 cm³/mol. The van der Waals surface area contributed by atoms with Gasteiger partial charge in [-0.15, -0.1) is 4.40 Å². The fourth-order valence-electron chi connectivity index (χ4n) is 2.35. The van der Waals surface area contributed by atoms with Crippen LogP contribution in [0.5, 0.6) is 5.75 Å². The number of anilines is 1. The molecule has 0 fully saturated rings. The van der Waals surface area contributed by atoms with E-state index in [1.54, 1.807) is 30.3 Å². The van der Waals surface area contributed by atoms with Crippen molar-refractivity contribution < 1.29 is 13.5 Å². The highest BCUT2D eigenvalue weighted by atomic mass is 32.2. The van der Waals surface area contributed by atoms with E-state index in [1.807, 2.05) is 25.1 Å². The first-order valence-corrected chi connectivity index (χ1v) is 8.74. The van der Waals surface area contributed by atoms with Crippen LogP contribution in [-0.4, -0.2) is 19.9 Å². The molecule has 0 aliphatic heterocycles. The van der Waals surface area contributed by atoms with Gasteiger partial charge in [-0.25, -0.2) is 0 Å². The average Bonchev–Trinajstić information content (AvgIpc) is 2.57. The van der Waals surface area contributed by atoms with Crippen molar-refractivity contribution in [3.8, 4) is 5.75 Å². The molecular formula is C18H16N2O3S. The first-order chi connectivity index (χ1) is 11.5. The Morgan fingerprint density at radius 1 is 0.958 bits per heavy atom. The summed E-state index contributed by atoms with van der Waals surface area (Å²) in [5, 5.41) is 14.2. The SMILES string of the molecule is Cc1ccc(S(=O)(=O)/N=C/Nc2ccc(O)c3ccccc23)cc1. The number of phenols is 1. The summed E-state index contributed by atoms with van der Waals surface area (Å²) in [4.78, 5) is 0.140. The van der Waals surface area contributed by atoms with Gasteiger partial charge in [0.15, 0.2) is 0 Å². The van der Waals surface area contributed by atoms with Gasteiger partial charge in [0.25, 0.3) is 10.0 Å². The Kier molecular flexibility index (Phi) is 4.22. The molecule has 0 radical (unpaired) electrons. The molecule has 0 bridgehead atoms. The van der Waals surface area contributed by atoms with Gasteiger partial charge in [0.2, 0.25) is 0 Å². The fraction of sp³-hybridized carbons (Fsp3) is 0.0556. The molecule has 0 aliphatic carbocycles. The van der Waals surface area contributed by atoms with E-state index >= 15 is 0 Å². The third-order valence-corrected chi connectivity index (χ3v) is 4.88. The molecular weight excluding hydrogens is 324 g/mol. The first-order valence-electron chi connectivity index (χ1n) is 7.30. The molecule has 24 heavy (non-hydrogen) atoms. The van der Waals surface area contributed by atoms with Crippen LogP contribution in [0.15, 0.2) is 70.0 Å². The smallest absolute Gasteiger partial charge is 0.283 e. The maximum absolute atomic E-state index is 12.2. The molecule has 0 heterocycles. The van der Waals surface area contributed by atoms with Gasteiger partial charge in [0, 0.05) is 16.5 Å². The number of sulfonamides is 1. The molecule has 0 spiro atoms. The van der Waals surface area contributed by atoms with Gasteiger partial charge >= 0.3 is 0 Å². The number of rotatable bonds is 4. The van der Waals surface area contributed by atoms with Crippen LogP contribution in [0.4, 0.5) is 5.69 Å². The molecule has 0 atom stereocenters. The second-order valence-corrected chi connectivity index (χ2v) is 6.98. The zero-order valence-electron chi connectivity index (χ0n) is 13.0. The van der Waals surface area contributed by atoms with Gasteiger partial charge < -0.3 is 10.4 Å².